The molecule has 0 aromatic carbocycles. The molecule has 2 aliphatic rings. The molecule has 0 aromatic rings. The minimum Gasteiger partial charge on any atom is -0.273 e. The van der Waals surface area contributed by atoms with Crippen molar-refractivity contribution in [1.29, 1.82) is 5.26 Å². The van der Waals surface area contributed by atoms with Crippen LogP contribution in [0.5, 0.6) is 0 Å². The van der Waals surface area contributed by atoms with Gasteiger partial charge in [0.1, 0.15) is 5.25 Å². The number of carbonyl (C=O) groups is 2. The average molecular weight is 269 g/mol. The van der Waals surface area contributed by atoms with Crippen LogP contribution in [0.4, 0.5) is 0 Å². The van der Waals surface area contributed by atoms with Gasteiger partial charge in [0.25, 0.3) is 5.91 Å². The van der Waals surface area contributed by atoms with E-state index in [2.05, 4.69) is 0 Å². The lowest BCUT2D eigenvalue weighted by molar-refractivity contribution is -0.132. The van der Waals surface area contributed by atoms with Gasteiger partial charge in [0.05, 0.1) is 12.0 Å². The van der Waals surface area contributed by atoms with E-state index in [1.807, 2.05) is 6.07 Å². The summed E-state index contributed by atoms with van der Waals surface area (Å²) < 4.78 is 1.01. The first kappa shape index (κ1) is 12.2. The molecule has 6 heteroatoms. The largest absolute Gasteiger partial charge is 0.273 e. The molecule has 1 heterocycles. The Morgan fingerprint density at radius 1 is 1.59 bits per heavy atom. The number of nitrogens with zero attached hydrogens (tertiary/aromatic N) is 2. The minimum absolute atomic E-state index is 0.363. The second kappa shape index (κ2) is 4.21. The highest BCUT2D eigenvalue weighted by atomic mass is 35.5. The Morgan fingerprint density at radius 3 is 2.88 bits per heavy atom. The van der Waals surface area contributed by atoms with E-state index in [1.54, 1.807) is 25.2 Å². The standard InChI is InChI=1S/C11H9ClN2O2S/c1-7(6-13)17-14-9(15)8-4-2-3-5-11(8,12)10(14)16/h2-5,7-8H,1H3. The lowest BCUT2D eigenvalue weighted by Gasteiger charge is -2.20. The van der Waals surface area contributed by atoms with Gasteiger partial charge in [-0.1, -0.05) is 24.3 Å². The zero-order chi connectivity index (χ0) is 12.6. The van der Waals surface area contributed by atoms with Crippen molar-refractivity contribution in [1.82, 2.24) is 4.31 Å². The predicted octanol–water partition coefficient (Wildman–Crippen LogP) is 1.64. The molecule has 0 bridgehead atoms. The van der Waals surface area contributed by atoms with Crippen LogP contribution in [0.15, 0.2) is 24.3 Å². The monoisotopic (exact) mass is 268 g/mol. The van der Waals surface area contributed by atoms with E-state index >= 15 is 0 Å². The van der Waals surface area contributed by atoms with Crippen LogP contribution >= 0.6 is 23.5 Å². The number of hydrogen-bond donors (Lipinski definition) is 0. The Bertz CT molecular complexity index is 482. The number of nitriles is 1. The van der Waals surface area contributed by atoms with E-state index in [-0.39, 0.29) is 5.91 Å². The Morgan fingerprint density at radius 2 is 2.29 bits per heavy atom. The molecule has 0 N–H and O–H groups in total. The van der Waals surface area contributed by atoms with Crippen molar-refractivity contribution >= 4 is 35.4 Å². The average Bonchev–Trinajstić information content (AvgIpc) is 2.51. The Balaban J connectivity index is 2.31. The third kappa shape index (κ3) is 1.78. The Hall–Kier alpha value is -1.25. The van der Waals surface area contributed by atoms with E-state index in [1.165, 1.54) is 6.08 Å². The van der Waals surface area contributed by atoms with Gasteiger partial charge in [0.2, 0.25) is 5.91 Å². The Labute approximate surface area is 108 Å². The van der Waals surface area contributed by atoms with E-state index in [4.69, 9.17) is 16.9 Å². The number of amides is 2. The predicted molar refractivity (Wildman–Crippen MR) is 64.9 cm³/mol. The number of hydrogen-bond acceptors (Lipinski definition) is 4. The lowest BCUT2D eigenvalue weighted by Crippen LogP contribution is -2.35. The number of halogens is 1. The minimum atomic E-state index is -1.31. The number of imide groups is 1. The van der Waals surface area contributed by atoms with Crippen molar-refractivity contribution in [2.45, 2.75) is 17.0 Å². The second-order valence-corrected chi connectivity index (χ2v) is 5.71. The van der Waals surface area contributed by atoms with Gasteiger partial charge in [-0.2, -0.15) is 5.26 Å². The number of carbonyl (C=O) groups excluding carboxylic acids is 2. The molecule has 3 atom stereocenters. The quantitative estimate of drug-likeness (QED) is 0.434. The zero-order valence-electron chi connectivity index (χ0n) is 8.96. The summed E-state index contributed by atoms with van der Waals surface area (Å²) >= 11 is 7.10. The molecule has 1 saturated heterocycles. The van der Waals surface area contributed by atoms with Crippen molar-refractivity contribution < 1.29 is 9.59 Å². The molecule has 0 aromatic heterocycles. The Kier molecular flexibility index (Phi) is 3.02. The van der Waals surface area contributed by atoms with E-state index < -0.39 is 21.9 Å². The van der Waals surface area contributed by atoms with Gasteiger partial charge in [-0.05, 0) is 18.9 Å². The number of fused-ring (bicyclic) bond motifs is 1. The first-order chi connectivity index (χ1) is 8.00. The van der Waals surface area contributed by atoms with Crippen LogP contribution < -0.4 is 0 Å². The summed E-state index contributed by atoms with van der Waals surface area (Å²) in [5.41, 5.74) is 0. The molecule has 2 amide bonds. The molecule has 2 rings (SSSR count). The summed E-state index contributed by atoms with van der Waals surface area (Å²) in [7, 11) is 0. The number of rotatable bonds is 2. The van der Waals surface area contributed by atoms with Crippen molar-refractivity contribution in [3.63, 3.8) is 0 Å². The summed E-state index contributed by atoms with van der Waals surface area (Å²) in [6.45, 7) is 1.62. The van der Waals surface area contributed by atoms with Crippen LogP contribution in [-0.2, 0) is 9.59 Å². The molecule has 88 valence electrons. The molecule has 0 saturated carbocycles. The molecule has 0 spiro atoms. The highest BCUT2D eigenvalue weighted by Gasteiger charge is 2.57. The maximum absolute atomic E-state index is 12.1. The van der Waals surface area contributed by atoms with Crippen molar-refractivity contribution in [3.8, 4) is 6.07 Å². The van der Waals surface area contributed by atoms with Crippen molar-refractivity contribution in [2.24, 2.45) is 5.92 Å². The molecule has 17 heavy (non-hydrogen) atoms. The van der Waals surface area contributed by atoms with Gasteiger partial charge in [-0.15, -0.1) is 11.6 Å². The van der Waals surface area contributed by atoms with Crippen molar-refractivity contribution in [3.05, 3.63) is 24.3 Å². The summed E-state index contributed by atoms with van der Waals surface area (Å²) in [5.74, 6) is -1.50. The molecule has 1 aliphatic carbocycles. The molecular formula is C11H9ClN2O2S. The maximum Gasteiger partial charge on any atom is 0.265 e. The third-order valence-electron chi connectivity index (χ3n) is 2.63. The molecule has 3 unspecified atom stereocenters. The molecule has 1 aliphatic heterocycles. The summed E-state index contributed by atoms with van der Waals surface area (Å²) in [6, 6.07) is 1.96. The maximum atomic E-state index is 12.1. The van der Waals surface area contributed by atoms with Crippen LogP contribution in [0.3, 0.4) is 0 Å². The zero-order valence-corrected chi connectivity index (χ0v) is 10.5. The van der Waals surface area contributed by atoms with Crippen molar-refractivity contribution in [2.75, 3.05) is 0 Å². The summed E-state index contributed by atoms with van der Waals surface area (Å²) in [5, 5.41) is 8.23. The first-order valence-corrected chi connectivity index (χ1v) is 6.22. The fourth-order valence-corrected chi connectivity index (χ4v) is 2.95. The van der Waals surface area contributed by atoms with Gasteiger partial charge in [0.15, 0.2) is 4.87 Å². The van der Waals surface area contributed by atoms with Crippen LogP contribution in [0.25, 0.3) is 0 Å². The topological polar surface area (TPSA) is 61.2 Å². The molecule has 1 fully saturated rings. The fourth-order valence-electron chi connectivity index (χ4n) is 1.74. The van der Waals surface area contributed by atoms with Gasteiger partial charge >= 0.3 is 0 Å². The smallest absolute Gasteiger partial charge is 0.265 e. The molecule has 0 radical (unpaired) electrons. The first-order valence-electron chi connectivity index (χ1n) is 5.00. The third-order valence-corrected chi connectivity index (χ3v) is 4.13. The second-order valence-electron chi connectivity index (χ2n) is 3.80. The van der Waals surface area contributed by atoms with Crippen LogP contribution in [0.2, 0.25) is 0 Å². The van der Waals surface area contributed by atoms with Crippen LogP contribution in [0, 0.1) is 17.2 Å². The highest BCUT2D eigenvalue weighted by molar-refractivity contribution is 7.98. The van der Waals surface area contributed by atoms with Gasteiger partial charge < -0.3 is 0 Å². The number of allylic oxidation sites excluding steroid dienone is 2. The van der Waals surface area contributed by atoms with Crippen LogP contribution in [-0.4, -0.2) is 26.2 Å². The molecule has 4 nitrogen and oxygen atoms in total. The number of alkyl halides is 1. The highest BCUT2D eigenvalue weighted by Crippen LogP contribution is 2.43. The summed E-state index contributed by atoms with van der Waals surface area (Å²) in [4.78, 5) is 22.8. The summed E-state index contributed by atoms with van der Waals surface area (Å²) in [6.07, 6.45) is 6.48. The SMILES string of the molecule is CC(C#N)SN1C(=O)C2C=CC=CC2(Cl)C1=O. The van der Waals surface area contributed by atoms with E-state index in [0.717, 1.165) is 16.3 Å². The van der Waals surface area contributed by atoms with Crippen LogP contribution in [0.1, 0.15) is 6.92 Å². The normalized spacial score (nSPS) is 32.5. The fraction of sp³-hybridized carbons (Fsp3) is 0.364. The van der Waals surface area contributed by atoms with Gasteiger partial charge in [0, 0.05) is 0 Å². The van der Waals surface area contributed by atoms with Gasteiger partial charge in [-0.3, -0.25) is 9.59 Å². The van der Waals surface area contributed by atoms with Gasteiger partial charge in [-0.25, -0.2) is 4.31 Å². The van der Waals surface area contributed by atoms with E-state index in [9.17, 15) is 9.59 Å². The molecular weight excluding hydrogens is 260 g/mol. The lowest BCUT2D eigenvalue weighted by atomic mass is 9.90. The van der Waals surface area contributed by atoms with E-state index in [0.29, 0.717) is 0 Å².